The minimum absolute atomic E-state index is 0.0822. The van der Waals surface area contributed by atoms with E-state index in [9.17, 15) is 0 Å². The Morgan fingerprint density at radius 3 is 2.64 bits per heavy atom. The van der Waals surface area contributed by atoms with E-state index in [0.717, 1.165) is 12.8 Å². The number of hydrogen-bond donors (Lipinski definition) is 0. The van der Waals surface area contributed by atoms with Gasteiger partial charge in [0.05, 0.1) is 5.38 Å². The molecule has 0 aliphatic carbocycles. The molecule has 2 unspecified atom stereocenters. The van der Waals surface area contributed by atoms with Gasteiger partial charge in [0, 0.05) is 5.54 Å². The van der Waals surface area contributed by atoms with E-state index in [4.69, 9.17) is 23.2 Å². The van der Waals surface area contributed by atoms with Gasteiger partial charge in [0.2, 0.25) is 0 Å². The molecule has 64 valence electrons. The molecule has 11 heavy (non-hydrogen) atoms. The molecule has 0 heterocycles. The van der Waals surface area contributed by atoms with Gasteiger partial charge in [-0.05, 0) is 18.8 Å². The highest BCUT2D eigenvalue weighted by Gasteiger charge is 2.08. The van der Waals surface area contributed by atoms with E-state index in [2.05, 4.69) is 13.5 Å². The van der Waals surface area contributed by atoms with Gasteiger partial charge in [-0.2, -0.15) is 0 Å². The number of halogens is 2. The van der Waals surface area contributed by atoms with Crippen molar-refractivity contribution in [2.75, 3.05) is 0 Å². The topological polar surface area (TPSA) is 0 Å². The zero-order valence-corrected chi connectivity index (χ0v) is 8.28. The predicted octanol–water partition coefficient (Wildman–Crippen LogP) is 3.95. The summed E-state index contributed by atoms with van der Waals surface area (Å²) in [5.41, 5.74) is 1.55. The van der Waals surface area contributed by atoms with E-state index in [-0.39, 0.29) is 5.38 Å². The average Bonchev–Trinajstić information content (AvgIpc) is 2.03. The molecule has 0 rings (SSSR count). The molecule has 0 aromatic carbocycles. The Hall–Kier alpha value is 0.0600. The van der Waals surface area contributed by atoms with E-state index in [1.807, 2.05) is 6.08 Å². The molecule has 0 saturated heterocycles. The molecule has 0 bridgehead atoms. The van der Waals surface area contributed by atoms with Crippen LogP contribution in [0.2, 0.25) is 0 Å². The predicted molar refractivity (Wildman–Crippen MR) is 53.2 cm³/mol. The molecular weight excluding hydrogens is 179 g/mol. The van der Waals surface area contributed by atoms with Crippen LogP contribution >= 0.6 is 23.2 Å². The van der Waals surface area contributed by atoms with Gasteiger partial charge in [0.25, 0.3) is 0 Å². The molecule has 0 aromatic rings. The second-order valence-electron chi connectivity index (χ2n) is 2.60. The molecule has 0 saturated carbocycles. The van der Waals surface area contributed by atoms with Gasteiger partial charge < -0.3 is 0 Å². The number of hydrogen-bond acceptors (Lipinski definition) is 0. The SMILES string of the molecule is C=CC(Cl)C(C)CCC=CCl. The fourth-order valence-electron chi connectivity index (χ4n) is 0.814. The second-order valence-corrected chi connectivity index (χ2v) is 3.35. The van der Waals surface area contributed by atoms with Crippen molar-refractivity contribution in [1.82, 2.24) is 0 Å². The molecule has 2 heteroatoms. The van der Waals surface area contributed by atoms with Crippen molar-refractivity contribution in [2.45, 2.75) is 25.1 Å². The van der Waals surface area contributed by atoms with Crippen molar-refractivity contribution in [3.05, 3.63) is 24.3 Å². The number of allylic oxidation sites excluding steroid dienone is 2. The van der Waals surface area contributed by atoms with Crippen LogP contribution in [0.4, 0.5) is 0 Å². The first-order valence-electron chi connectivity index (χ1n) is 3.74. The van der Waals surface area contributed by atoms with E-state index in [1.165, 1.54) is 0 Å². The molecule has 0 aliphatic heterocycles. The van der Waals surface area contributed by atoms with Crippen molar-refractivity contribution in [3.63, 3.8) is 0 Å². The van der Waals surface area contributed by atoms with Crippen molar-refractivity contribution in [1.29, 1.82) is 0 Å². The summed E-state index contributed by atoms with van der Waals surface area (Å²) in [4.78, 5) is 0. The molecule has 0 N–H and O–H groups in total. The highest BCUT2D eigenvalue weighted by atomic mass is 35.5. The number of rotatable bonds is 5. The summed E-state index contributed by atoms with van der Waals surface area (Å²) < 4.78 is 0. The zero-order valence-electron chi connectivity index (χ0n) is 6.76. The quantitative estimate of drug-likeness (QED) is 0.458. The fourth-order valence-corrected chi connectivity index (χ4v) is 1.07. The number of alkyl halides is 1. The lowest BCUT2D eigenvalue weighted by molar-refractivity contribution is 0.553. The van der Waals surface area contributed by atoms with Crippen LogP contribution in [-0.2, 0) is 0 Å². The summed E-state index contributed by atoms with van der Waals surface area (Å²) >= 11 is 11.3. The van der Waals surface area contributed by atoms with Crippen LogP contribution in [0.5, 0.6) is 0 Å². The Morgan fingerprint density at radius 2 is 2.18 bits per heavy atom. The first-order chi connectivity index (χ1) is 5.22. The van der Waals surface area contributed by atoms with Crippen LogP contribution in [-0.4, -0.2) is 5.38 Å². The Morgan fingerprint density at radius 1 is 1.55 bits per heavy atom. The fraction of sp³-hybridized carbons (Fsp3) is 0.556. The van der Waals surface area contributed by atoms with Gasteiger partial charge in [-0.3, -0.25) is 0 Å². The third kappa shape index (κ3) is 5.34. The van der Waals surface area contributed by atoms with Crippen molar-refractivity contribution < 1.29 is 0 Å². The highest BCUT2D eigenvalue weighted by molar-refractivity contribution is 6.25. The minimum Gasteiger partial charge on any atom is -0.118 e. The standard InChI is InChI=1S/C9H14Cl2/c1-3-9(11)8(2)6-4-5-7-10/h3,5,7-9H,1,4,6H2,2H3. The van der Waals surface area contributed by atoms with Crippen LogP contribution in [0.25, 0.3) is 0 Å². The minimum atomic E-state index is 0.0822. The molecule has 0 radical (unpaired) electrons. The highest BCUT2D eigenvalue weighted by Crippen LogP contribution is 2.17. The van der Waals surface area contributed by atoms with Crippen LogP contribution in [0, 0.1) is 5.92 Å². The first kappa shape index (κ1) is 11.1. The maximum absolute atomic E-state index is 5.92. The molecule has 0 spiro atoms. The maximum atomic E-state index is 5.92. The van der Waals surface area contributed by atoms with Gasteiger partial charge in [-0.15, -0.1) is 18.2 Å². The molecule has 0 aliphatic rings. The monoisotopic (exact) mass is 192 g/mol. The largest absolute Gasteiger partial charge is 0.118 e. The Balaban J connectivity index is 3.50. The lowest BCUT2D eigenvalue weighted by atomic mass is 10.0. The molecule has 2 atom stereocenters. The summed E-state index contributed by atoms with van der Waals surface area (Å²) in [5.74, 6) is 0.474. The maximum Gasteiger partial charge on any atom is 0.0539 e. The smallest absolute Gasteiger partial charge is 0.0539 e. The average molecular weight is 193 g/mol. The van der Waals surface area contributed by atoms with Crippen LogP contribution in [0.3, 0.4) is 0 Å². The van der Waals surface area contributed by atoms with E-state index in [1.54, 1.807) is 11.6 Å². The van der Waals surface area contributed by atoms with Gasteiger partial charge >= 0.3 is 0 Å². The van der Waals surface area contributed by atoms with Crippen LogP contribution in [0.1, 0.15) is 19.8 Å². The Labute approximate surface area is 78.9 Å². The van der Waals surface area contributed by atoms with Gasteiger partial charge in [0.15, 0.2) is 0 Å². The van der Waals surface area contributed by atoms with Gasteiger partial charge in [-0.1, -0.05) is 30.7 Å². The van der Waals surface area contributed by atoms with Crippen LogP contribution < -0.4 is 0 Å². The molecule has 0 amide bonds. The lowest BCUT2D eigenvalue weighted by Gasteiger charge is -2.12. The zero-order chi connectivity index (χ0) is 8.69. The molecule has 0 aromatic heterocycles. The van der Waals surface area contributed by atoms with Crippen molar-refractivity contribution in [2.24, 2.45) is 5.92 Å². The van der Waals surface area contributed by atoms with E-state index < -0.39 is 0 Å². The first-order valence-corrected chi connectivity index (χ1v) is 4.61. The van der Waals surface area contributed by atoms with Gasteiger partial charge in [-0.25, -0.2) is 0 Å². The summed E-state index contributed by atoms with van der Waals surface area (Å²) in [6, 6.07) is 0. The summed E-state index contributed by atoms with van der Waals surface area (Å²) in [6.07, 6.45) is 5.76. The normalized spacial score (nSPS) is 16.6. The Kier molecular flexibility index (Phi) is 6.79. The molecule has 0 fully saturated rings. The molecular formula is C9H14Cl2. The third-order valence-electron chi connectivity index (χ3n) is 1.65. The molecule has 0 nitrogen and oxygen atoms in total. The third-order valence-corrected chi connectivity index (χ3v) is 2.43. The second kappa shape index (κ2) is 6.75. The van der Waals surface area contributed by atoms with Crippen LogP contribution in [0.15, 0.2) is 24.3 Å². The van der Waals surface area contributed by atoms with Crippen molar-refractivity contribution >= 4 is 23.2 Å². The summed E-state index contributed by atoms with van der Waals surface area (Å²) in [5, 5.41) is 0.0822. The lowest BCUT2D eigenvalue weighted by Crippen LogP contribution is -2.07. The van der Waals surface area contributed by atoms with Crippen molar-refractivity contribution in [3.8, 4) is 0 Å². The Bertz CT molecular complexity index is 130. The van der Waals surface area contributed by atoms with E-state index in [0.29, 0.717) is 5.92 Å². The van der Waals surface area contributed by atoms with Gasteiger partial charge in [0.1, 0.15) is 0 Å². The summed E-state index contributed by atoms with van der Waals surface area (Å²) in [7, 11) is 0. The van der Waals surface area contributed by atoms with E-state index >= 15 is 0 Å². The summed E-state index contributed by atoms with van der Waals surface area (Å²) in [6.45, 7) is 5.75.